The van der Waals surface area contributed by atoms with E-state index in [0.29, 0.717) is 6.54 Å². The van der Waals surface area contributed by atoms with Gasteiger partial charge in [-0.3, -0.25) is 14.9 Å². The highest BCUT2D eigenvalue weighted by Crippen LogP contribution is 2.17. The Bertz CT molecular complexity index is 712. The lowest BCUT2D eigenvalue weighted by Crippen LogP contribution is -2.20. The lowest BCUT2D eigenvalue weighted by Gasteiger charge is -2.02. The smallest absolute Gasteiger partial charge is 0.269 e. The second-order valence-electron chi connectivity index (χ2n) is 4.50. The van der Waals surface area contributed by atoms with Crippen LogP contribution in [0.3, 0.4) is 0 Å². The normalized spacial score (nSPS) is 10.6. The molecule has 0 heterocycles. The van der Waals surface area contributed by atoms with Gasteiger partial charge in [0.25, 0.3) is 5.69 Å². The molecule has 0 bridgehead atoms. The van der Waals surface area contributed by atoms with E-state index in [9.17, 15) is 14.9 Å². The van der Waals surface area contributed by atoms with Crippen LogP contribution in [0.1, 0.15) is 11.1 Å². The molecule has 0 spiro atoms. The molecule has 0 radical (unpaired) electrons. The number of hydrogen-bond donors (Lipinski definition) is 1. The number of carbonyl (C=O) groups excluding carboxylic acids is 1. The van der Waals surface area contributed by atoms with Crippen LogP contribution in [-0.4, -0.2) is 10.8 Å². The SMILES string of the molecule is O=C(/C=C/c1ccccc1Br)NCc1ccc([N+](=O)[O-])cc1. The Balaban J connectivity index is 1.90. The number of nitrogens with zero attached hydrogens (tertiary/aromatic N) is 1. The summed E-state index contributed by atoms with van der Waals surface area (Å²) < 4.78 is 0.911. The van der Waals surface area contributed by atoms with Gasteiger partial charge >= 0.3 is 0 Å². The fourth-order valence-corrected chi connectivity index (χ4v) is 2.18. The van der Waals surface area contributed by atoms with Crippen molar-refractivity contribution < 1.29 is 9.72 Å². The molecule has 0 fully saturated rings. The van der Waals surface area contributed by atoms with E-state index in [-0.39, 0.29) is 11.6 Å². The third-order valence-electron chi connectivity index (χ3n) is 2.93. The summed E-state index contributed by atoms with van der Waals surface area (Å²) in [6.45, 7) is 0.317. The second kappa shape index (κ2) is 7.51. The highest BCUT2D eigenvalue weighted by molar-refractivity contribution is 9.10. The van der Waals surface area contributed by atoms with Crippen LogP contribution < -0.4 is 5.32 Å². The van der Waals surface area contributed by atoms with Crippen LogP contribution in [-0.2, 0) is 11.3 Å². The molecule has 0 atom stereocenters. The van der Waals surface area contributed by atoms with Gasteiger partial charge in [-0.1, -0.05) is 46.3 Å². The average Bonchev–Trinajstić information content (AvgIpc) is 2.52. The predicted molar refractivity (Wildman–Crippen MR) is 88.1 cm³/mol. The summed E-state index contributed by atoms with van der Waals surface area (Å²) in [7, 11) is 0. The van der Waals surface area contributed by atoms with Gasteiger partial charge in [0.05, 0.1) is 4.92 Å². The standard InChI is InChI=1S/C16H13BrN2O3/c17-15-4-2-1-3-13(15)7-10-16(20)18-11-12-5-8-14(9-6-12)19(21)22/h1-10H,11H2,(H,18,20)/b10-7+. The molecule has 22 heavy (non-hydrogen) atoms. The fourth-order valence-electron chi connectivity index (χ4n) is 1.76. The number of carbonyl (C=O) groups is 1. The quantitative estimate of drug-likeness (QED) is 0.502. The summed E-state index contributed by atoms with van der Waals surface area (Å²) in [5, 5.41) is 13.3. The molecule has 5 nitrogen and oxygen atoms in total. The maximum Gasteiger partial charge on any atom is 0.269 e. The lowest BCUT2D eigenvalue weighted by atomic mass is 10.2. The van der Waals surface area contributed by atoms with Gasteiger partial charge in [0, 0.05) is 29.2 Å². The zero-order valence-electron chi connectivity index (χ0n) is 11.5. The summed E-state index contributed by atoms with van der Waals surface area (Å²) in [5.74, 6) is -0.228. The third-order valence-corrected chi connectivity index (χ3v) is 3.66. The van der Waals surface area contributed by atoms with Crippen LogP contribution in [0.2, 0.25) is 0 Å². The minimum absolute atomic E-state index is 0.0314. The number of nitro groups is 1. The van der Waals surface area contributed by atoms with Gasteiger partial charge in [0.15, 0.2) is 0 Å². The molecule has 2 aromatic carbocycles. The molecular weight excluding hydrogens is 348 g/mol. The van der Waals surface area contributed by atoms with Crippen molar-refractivity contribution in [1.82, 2.24) is 5.32 Å². The van der Waals surface area contributed by atoms with Crippen LogP contribution in [0.4, 0.5) is 5.69 Å². The maximum absolute atomic E-state index is 11.8. The lowest BCUT2D eigenvalue weighted by molar-refractivity contribution is -0.384. The number of halogens is 1. The third kappa shape index (κ3) is 4.53. The van der Waals surface area contributed by atoms with Gasteiger partial charge in [-0.2, -0.15) is 0 Å². The molecule has 0 saturated carbocycles. The Labute approximate surface area is 135 Å². The van der Waals surface area contributed by atoms with Crippen LogP contribution in [0.5, 0.6) is 0 Å². The van der Waals surface area contributed by atoms with Gasteiger partial charge < -0.3 is 5.32 Å². The molecule has 0 aliphatic heterocycles. The van der Waals surface area contributed by atoms with Crippen molar-refractivity contribution in [3.63, 3.8) is 0 Å². The molecule has 1 amide bonds. The summed E-state index contributed by atoms with van der Waals surface area (Å²) in [5.41, 5.74) is 1.74. The first-order valence-corrected chi connectivity index (χ1v) is 7.29. The van der Waals surface area contributed by atoms with E-state index < -0.39 is 4.92 Å². The molecule has 6 heteroatoms. The van der Waals surface area contributed by atoms with Crippen molar-refractivity contribution in [2.24, 2.45) is 0 Å². The zero-order valence-corrected chi connectivity index (χ0v) is 13.1. The Kier molecular flexibility index (Phi) is 5.43. The molecule has 2 aromatic rings. The Morgan fingerprint density at radius 3 is 2.50 bits per heavy atom. The van der Waals surface area contributed by atoms with E-state index in [1.165, 1.54) is 18.2 Å². The van der Waals surface area contributed by atoms with Crippen molar-refractivity contribution in [1.29, 1.82) is 0 Å². The molecule has 1 N–H and O–H groups in total. The average molecular weight is 361 g/mol. The monoisotopic (exact) mass is 360 g/mol. The number of rotatable bonds is 5. The molecule has 112 valence electrons. The molecule has 0 unspecified atom stereocenters. The number of benzene rings is 2. The number of nitro benzene ring substituents is 1. The fraction of sp³-hybridized carbons (Fsp3) is 0.0625. The second-order valence-corrected chi connectivity index (χ2v) is 5.35. The predicted octanol–water partition coefficient (Wildman–Crippen LogP) is 3.69. The van der Waals surface area contributed by atoms with Crippen LogP contribution in [0.15, 0.2) is 59.1 Å². The van der Waals surface area contributed by atoms with Crippen molar-refractivity contribution in [2.75, 3.05) is 0 Å². The summed E-state index contributed by atoms with van der Waals surface area (Å²) in [6.07, 6.45) is 3.17. The largest absolute Gasteiger partial charge is 0.348 e. The van der Waals surface area contributed by atoms with Crippen molar-refractivity contribution in [2.45, 2.75) is 6.54 Å². The number of nitrogens with one attached hydrogen (secondary N) is 1. The minimum Gasteiger partial charge on any atom is -0.348 e. The summed E-state index contributed by atoms with van der Waals surface area (Å²) in [4.78, 5) is 21.8. The first-order valence-electron chi connectivity index (χ1n) is 6.50. The van der Waals surface area contributed by atoms with E-state index in [2.05, 4.69) is 21.2 Å². The van der Waals surface area contributed by atoms with Gasteiger partial charge in [-0.05, 0) is 23.3 Å². The Hall–Kier alpha value is -2.47. The Morgan fingerprint density at radius 1 is 1.18 bits per heavy atom. The topological polar surface area (TPSA) is 72.2 Å². The number of hydrogen-bond acceptors (Lipinski definition) is 3. The summed E-state index contributed by atoms with van der Waals surface area (Å²) in [6, 6.07) is 13.6. The van der Waals surface area contributed by atoms with Crippen molar-refractivity contribution in [3.8, 4) is 0 Å². The van der Waals surface area contributed by atoms with E-state index in [1.807, 2.05) is 24.3 Å². The highest BCUT2D eigenvalue weighted by atomic mass is 79.9. The highest BCUT2D eigenvalue weighted by Gasteiger charge is 2.04. The first kappa shape index (κ1) is 15.9. The molecule has 0 saturated heterocycles. The van der Waals surface area contributed by atoms with E-state index in [0.717, 1.165) is 15.6 Å². The Morgan fingerprint density at radius 2 is 1.86 bits per heavy atom. The van der Waals surface area contributed by atoms with Crippen LogP contribution in [0, 0.1) is 10.1 Å². The first-order chi connectivity index (χ1) is 10.6. The molecule has 0 aromatic heterocycles. The maximum atomic E-state index is 11.8. The van der Waals surface area contributed by atoms with Crippen LogP contribution in [0.25, 0.3) is 6.08 Å². The van der Waals surface area contributed by atoms with Gasteiger partial charge in [0.1, 0.15) is 0 Å². The minimum atomic E-state index is -0.456. The molecular formula is C16H13BrN2O3. The van der Waals surface area contributed by atoms with E-state index in [4.69, 9.17) is 0 Å². The van der Waals surface area contributed by atoms with E-state index >= 15 is 0 Å². The van der Waals surface area contributed by atoms with Gasteiger partial charge in [0.2, 0.25) is 5.91 Å². The zero-order chi connectivity index (χ0) is 15.9. The number of amides is 1. The summed E-state index contributed by atoms with van der Waals surface area (Å²) >= 11 is 3.40. The van der Waals surface area contributed by atoms with Gasteiger partial charge in [-0.25, -0.2) is 0 Å². The number of non-ortho nitro benzene ring substituents is 1. The van der Waals surface area contributed by atoms with Crippen molar-refractivity contribution >= 4 is 33.6 Å². The van der Waals surface area contributed by atoms with Gasteiger partial charge in [-0.15, -0.1) is 0 Å². The molecule has 2 rings (SSSR count). The van der Waals surface area contributed by atoms with E-state index in [1.54, 1.807) is 18.2 Å². The molecule has 0 aliphatic rings. The molecule has 0 aliphatic carbocycles. The van der Waals surface area contributed by atoms with Crippen molar-refractivity contribution in [3.05, 3.63) is 80.3 Å². The van der Waals surface area contributed by atoms with Crippen LogP contribution >= 0.6 is 15.9 Å².